The van der Waals surface area contributed by atoms with E-state index in [0.717, 1.165) is 12.1 Å². The van der Waals surface area contributed by atoms with Crippen molar-refractivity contribution >= 4 is 21.7 Å². The SMILES string of the molecule is O=c1oc2cc(F)ccc2c2cc(O)cc(O)c12. The van der Waals surface area contributed by atoms with Crippen LogP contribution in [0, 0.1) is 5.82 Å². The summed E-state index contributed by atoms with van der Waals surface area (Å²) in [7, 11) is 0. The van der Waals surface area contributed by atoms with Gasteiger partial charge in [-0.15, -0.1) is 0 Å². The van der Waals surface area contributed by atoms with Crippen molar-refractivity contribution in [1.29, 1.82) is 0 Å². The van der Waals surface area contributed by atoms with Crippen LogP contribution in [0.5, 0.6) is 11.5 Å². The highest BCUT2D eigenvalue weighted by Gasteiger charge is 2.13. The first-order valence-electron chi connectivity index (χ1n) is 5.14. The zero-order chi connectivity index (χ0) is 12.9. The second-order valence-corrected chi connectivity index (χ2v) is 3.92. The third-order valence-corrected chi connectivity index (χ3v) is 2.74. The molecule has 1 aromatic heterocycles. The Morgan fingerprint density at radius 3 is 2.61 bits per heavy atom. The Hall–Kier alpha value is -2.56. The van der Waals surface area contributed by atoms with Crippen LogP contribution in [0.25, 0.3) is 21.7 Å². The Balaban J connectivity index is 2.65. The number of benzene rings is 2. The lowest BCUT2D eigenvalue weighted by Crippen LogP contribution is -2.00. The van der Waals surface area contributed by atoms with E-state index in [1.807, 2.05) is 0 Å². The highest BCUT2D eigenvalue weighted by Crippen LogP contribution is 2.32. The molecule has 0 bridgehead atoms. The predicted molar refractivity (Wildman–Crippen MR) is 63.3 cm³/mol. The third-order valence-electron chi connectivity index (χ3n) is 2.74. The molecule has 0 amide bonds. The lowest BCUT2D eigenvalue weighted by molar-refractivity contribution is 0.453. The van der Waals surface area contributed by atoms with Gasteiger partial charge in [-0.25, -0.2) is 9.18 Å². The second-order valence-electron chi connectivity index (χ2n) is 3.92. The maximum absolute atomic E-state index is 13.1. The molecule has 90 valence electrons. The Morgan fingerprint density at radius 1 is 1.06 bits per heavy atom. The fourth-order valence-corrected chi connectivity index (χ4v) is 1.99. The van der Waals surface area contributed by atoms with Gasteiger partial charge in [0.15, 0.2) is 0 Å². The van der Waals surface area contributed by atoms with Crippen LogP contribution in [-0.2, 0) is 0 Å². The second kappa shape index (κ2) is 3.46. The molecule has 3 aromatic rings. The van der Waals surface area contributed by atoms with Crippen LogP contribution in [0.1, 0.15) is 0 Å². The minimum atomic E-state index is -0.777. The molecule has 0 aliphatic carbocycles. The Kier molecular flexibility index (Phi) is 2.04. The fraction of sp³-hybridized carbons (Fsp3) is 0. The standard InChI is InChI=1S/C13H7FO4/c14-6-1-2-8-9-4-7(15)5-10(16)12(9)13(17)18-11(8)3-6/h1-5,15-16H. The van der Waals surface area contributed by atoms with Crippen molar-refractivity contribution in [3.63, 3.8) is 0 Å². The van der Waals surface area contributed by atoms with E-state index in [1.165, 1.54) is 18.2 Å². The van der Waals surface area contributed by atoms with Crippen molar-refractivity contribution in [2.45, 2.75) is 0 Å². The topological polar surface area (TPSA) is 70.7 Å². The molecule has 3 rings (SSSR count). The molecule has 2 N–H and O–H groups in total. The average molecular weight is 246 g/mol. The molecule has 0 saturated carbocycles. The monoisotopic (exact) mass is 246 g/mol. The van der Waals surface area contributed by atoms with Crippen molar-refractivity contribution < 1.29 is 19.0 Å². The normalized spacial score (nSPS) is 11.2. The molecule has 0 saturated heterocycles. The van der Waals surface area contributed by atoms with Gasteiger partial charge < -0.3 is 14.6 Å². The third kappa shape index (κ3) is 1.41. The number of fused-ring (bicyclic) bond motifs is 3. The van der Waals surface area contributed by atoms with E-state index in [0.29, 0.717) is 10.8 Å². The van der Waals surface area contributed by atoms with Crippen LogP contribution in [0.2, 0.25) is 0 Å². The van der Waals surface area contributed by atoms with E-state index in [9.17, 15) is 19.4 Å². The van der Waals surface area contributed by atoms with Gasteiger partial charge in [-0.1, -0.05) is 0 Å². The van der Waals surface area contributed by atoms with E-state index in [4.69, 9.17) is 4.42 Å². The number of hydrogen-bond acceptors (Lipinski definition) is 4. The quantitative estimate of drug-likeness (QED) is 0.472. The maximum atomic E-state index is 13.1. The number of hydrogen-bond donors (Lipinski definition) is 2. The van der Waals surface area contributed by atoms with E-state index in [1.54, 1.807) is 0 Å². The number of rotatable bonds is 0. The Morgan fingerprint density at radius 2 is 1.83 bits per heavy atom. The number of phenols is 2. The zero-order valence-corrected chi connectivity index (χ0v) is 8.98. The lowest BCUT2D eigenvalue weighted by Gasteiger charge is -2.04. The molecule has 18 heavy (non-hydrogen) atoms. The summed E-state index contributed by atoms with van der Waals surface area (Å²) in [6, 6.07) is 6.09. The van der Waals surface area contributed by atoms with Gasteiger partial charge in [0, 0.05) is 22.9 Å². The average Bonchev–Trinajstić information content (AvgIpc) is 2.27. The summed E-state index contributed by atoms with van der Waals surface area (Å²) in [6.45, 7) is 0. The van der Waals surface area contributed by atoms with Crippen LogP contribution in [0.4, 0.5) is 4.39 Å². The molecular formula is C13H7FO4. The van der Waals surface area contributed by atoms with Crippen molar-refractivity contribution in [1.82, 2.24) is 0 Å². The van der Waals surface area contributed by atoms with Gasteiger partial charge in [-0.3, -0.25) is 0 Å². The maximum Gasteiger partial charge on any atom is 0.347 e. The van der Waals surface area contributed by atoms with Gasteiger partial charge in [0.2, 0.25) is 0 Å². The summed E-state index contributed by atoms with van der Waals surface area (Å²) >= 11 is 0. The highest BCUT2D eigenvalue weighted by molar-refractivity contribution is 6.06. The first-order chi connectivity index (χ1) is 8.56. The molecule has 4 nitrogen and oxygen atoms in total. The number of halogens is 1. The first kappa shape index (κ1) is 10.6. The van der Waals surface area contributed by atoms with Crippen LogP contribution in [0.15, 0.2) is 39.5 Å². The zero-order valence-electron chi connectivity index (χ0n) is 8.98. The molecule has 0 spiro atoms. The van der Waals surface area contributed by atoms with Crippen LogP contribution < -0.4 is 5.63 Å². The van der Waals surface area contributed by atoms with E-state index in [2.05, 4.69) is 0 Å². The summed E-state index contributed by atoms with van der Waals surface area (Å²) in [5, 5.41) is 19.8. The summed E-state index contributed by atoms with van der Waals surface area (Å²) in [5.41, 5.74) is -0.710. The summed E-state index contributed by atoms with van der Waals surface area (Å²) in [6.07, 6.45) is 0. The highest BCUT2D eigenvalue weighted by atomic mass is 19.1. The molecule has 5 heteroatoms. The van der Waals surface area contributed by atoms with Gasteiger partial charge >= 0.3 is 5.63 Å². The minimum absolute atomic E-state index is 0.0353. The van der Waals surface area contributed by atoms with Gasteiger partial charge in [0.25, 0.3) is 0 Å². The van der Waals surface area contributed by atoms with E-state index < -0.39 is 11.4 Å². The van der Waals surface area contributed by atoms with Crippen molar-refractivity contribution in [2.24, 2.45) is 0 Å². The van der Waals surface area contributed by atoms with Crippen LogP contribution >= 0.6 is 0 Å². The molecule has 0 radical (unpaired) electrons. The van der Waals surface area contributed by atoms with E-state index in [-0.39, 0.29) is 22.5 Å². The molecule has 0 aliphatic rings. The minimum Gasteiger partial charge on any atom is -0.508 e. The summed E-state index contributed by atoms with van der Waals surface area (Å²) < 4.78 is 18.0. The number of phenolic OH excluding ortho intramolecular Hbond substituents is 2. The molecule has 0 unspecified atom stereocenters. The van der Waals surface area contributed by atoms with Crippen molar-refractivity contribution in [2.75, 3.05) is 0 Å². The molecule has 0 fully saturated rings. The Bertz CT molecular complexity index is 836. The fourth-order valence-electron chi connectivity index (χ4n) is 1.99. The van der Waals surface area contributed by atoms with Gasteiger partial charge in [0.05, 0.1) is 0 Å². The number of aromatic hydroxyl groups is 2. The molecule has 2 aromatic carbocycles. The van der Waals surface area contributed by atoms with Crippen molar-refractivity contribution in [3.05, 3.63) is 46.6 Å². The molecule has 0 aliphatic heterocycles. The van der Waals surface area contributed by atoms with E-state index >= 15 is 0 Å². The van der Waals surface area contributed by atoms with Crippen LogP contribution in [-0.4, -0.2) is 10.2 Å². The first-order valence-corrected chi connectivity index (χ1v) is 5.14. The smallest absolute Gasteiger partial charge is 0.347 e. The van der Waals surface area contributed by atoms with Gasteiger partial charge in [-0.05, 0) is 18.2 Å². The Labute approximate surface area is 99.5 Å². The van der Waals surface area contributed by atoms with Gasteiger partial charge in [-0.2, -0.15) is 0 Å². The summed E-state index contributed by atoms with van der Waals surface area (Å²) in [4.78, 5) is 11.7. The molecule has 1 heterocycles. The predicted octanol–water partition coefficient (Wildman–Crippen LogP) is 2.50. The molecular weight excluding hydrogens is 239 g/mol. The molecule has 0 atom stereocenters. The largest absolute Gasteiger partial charge is 0.508 e. The van der Waals surface area contributed by atoms with Crippen LogP contribution in [0.3, 0.4) is 0 Å². The van der Waals surface area contributed by atoms with Gasteiger partial charge in [0.1, 0.15) is 28.3 Å². The lowest BCUT2D eigenvalue weighted by atomic mass is 10.1. The van der Waals surface area contributed by atoms with Crippen molar-refractivity contribution in [3.8, 4) is 11.5 Å². The summed E-state index contributed by atoms with van der Waals surface area (Å²) in [5.74, 6) is -1.09.